The van der Waals surface area contributed by atoms with E-state index < -0.39 is 127 Å². The molecule has 0 aromatic heterocycles. The number of aliphatic hydroxyl groups is 11. The van der Waals surface area contributed by atoms with Gasteiger partial charge < -0.3 is 89.3 Å². The number of aliphatic hydroxyl groups excluding tert-OH is 9. The van der Waals surface area contributed by atoms with Crippen molar-refractivity contribution in [1.82, 2.24) is 0 Å². The van der Waals surface area contributed by atoms with Gasteiger partial charge >= 0.3 is 5.97 Å². The van der Waals surface area contributed by atoms with Gasteiger partial charge in [0.05, 0.1) is 49.3 Å². The quantitative estimate of drug-likeness (QED) is 0.0782. The van der Waals surface area contributed by atoms with Gasteiger partial charge in [0.25, 0.3) is 0 Å². The summed E-state index contributed by atoms with van der Waals surface area (Å²) in [5.41, 5.74) is -2.69. The maximum atomic E-state index is 12.6. The number of cyclic esters (lactones) is 1. The summed E-state index contributed by atoms with van der Waals surface area (Å²) < 4.78 is 40.3. The summed E-state index contributed by atoms with van der Waals surface area (Å²) in [5.74, 6) is -0.591. The number of carbonyl (C=O) groups excluding carboxylic acids is 1. The molecule has 19 nitrogen and oxygen atoms in total. The topological polar surface area (TPSA) is 304 Å². The van der Waals surface area contributed by atoms with Gasteiger partial charge in [-0.3, -0.25) is 0 Å². The molecule has 8 rings (SSSR count). The van der Waals surface area contributed by atoms with Crippen LogP contribution in [0.5, 0.6) is 0 Å². The van der Waals surface area contributed by atoms with Crippen LogP contribution in [0.1, 0.15) is 78.1 Å². The van der Waals surface area contributed by atoms with E-state index in [1.807, 2.05) is 0 Å². The monoisotopic (exact) mass is 860 g/mol. The zero-order chi connectivity index (χ0) is 43.1. The van der Waals surface area contributed by atoms with Gasteiger partial charge in [0.15, 0.2) is 18.9 Å². The van der Waals surface area contributed by atoms with Crippen molar-refractivity contribution in [3.63, 3.8) is 0 Å². The van der Waals surface area contributed by atoms with Crippen molar-refractivity contribution in [3.8, 4) is 0 Å². The molecule has 4 aliphatic carbocycles. The molecule has 0 aromatic carbocycles. The fraction of sp³-hybridized carbons (Fsp3) is 0.927. The lowest BCUT2D eigenvalue weighted by Crippen LogP contribution is -2.69. The highest BCUT2D eigenvalue weighted by atomic mass is 16.7. The lowest BCUT2D eigenvalue weighted by Gasteiger charge is -2.66. The summed E-state index contributed by atoms with van der Waals surface area (Å²) in [7, 11) is 0. The Hall–Kier alpha value is -1.47. The van der Waals surface area contributed by atoms with Crippen molar-refractivity contribution in [2.75, 3.05) is 26.4 Å². The molecule has 22 unspecified atom stereocenters. The smallest absolute Gasteiger partial charge is 0.331 e. The van der Waals surface area contributed by atoms with E-state index in [1.54, 1.807) is 13.0 Å². The van der Waals surface area contributed by atoms with E-state index in [2.05, 4.69) is 6.92 Å². The first-order valence-electron chi connectivity index (χ1n) is 21.6. The third-order valence-electron chi connectivity index (χ3n) is 16.3. The third-order valence-corrected chi connectivity index (χ3v) is 16.3. The van der Waals surface area contributed by atoms with Gasteiger partial charge in [-0.2, -0.15) is 0 Å². The van der Waals surface area contributed by atoms with Crippen LogP contribution in [0.4, 0.5) is 0 Å². The van der Waals surface area contributed by atoms with E-state index >= 15 is 0 Å². The molecular weight excluding hydrogens is 796 g/mol. The van der Waals surface area contributed by atoms with Crippen molar-refractivity contribution in [2.45, 2.75) is 181 Å². The summed E-state index contributed by atoms with van der Waals surface area (Å²) >= 11 is 0. The molecule has 7 fully saturated rings. The standard InChI is InChI=1S/C41H64O19/c1-18-35(60-37-34(51)32(49)30(47)26(59-37)16-55-36-33(50)31(48)29(46)25(14-42)58-36)24(44)12-28(56-18)57-20-3-8-39(17-43)22-4-7-38(2)21(19-11-27(45)54-15-19)6-10-41(38,53)23(22)5-9-40(39,52)13-20/h11,18,20-26,28-37,42-44,46-53H,3-10,12-17H2,1-2H3. The lowest BCUT2D eigenvalue weighted by atomic mass is 9.41. The lowest BCUT2D eigenvalue weighted by molar-refractivity contribution is -0.355. The minimum Gasteiger partial charge on any atom is -0.458 e. The van der Waals surface area contributed by atoms with Gasteiger partial charge in [-0.15, -0.1) is 0 Å². The van der Waals surface area contributed by atoms with Gasteiger partial charge in [-0.25, -0.2) is 4.79 Å². The molecule has 11 N–H and O–H groups in total. The van der Waals surface area contributed by atoms with Crippen molar-refractivity contribution in [1.29, 1.82) is 0 Å². The zero-order valence-corrected chi connectivity index (χ0v) is 34.1. The van der Waals surface area contributed by atoms with Gasteiger partial charge in [-0.05, 0) is 81.6 Å². The van der Waals surface area contributed by atoms with Crippen molar-refractivity contribution >= 4 is 5.97 Å². The number of fused-ring (bicyclic) bond motifs is 5. The third kappa shape index (κ3) is 7.30. The average molecular weight is 861 g/mol. The average Bonchev–Trinajstić information content (AvgIpc) is 3.76. The number of rotatable bonds is 10. The molecule has 0 aromatic rings. The van der Waals surface area contributed by atoms with Crippen molar-refractivity contribution in [2.24, 2.45) is 28.6 Å². The van der Waals surface area contributed by atoms with E-state index in [9.17, 15) is 61.0 Å². The van der Waals surface area contributed by atoms with E-state index in [4.69, 9.17) is 33.2 Å². The molecule has 4 saturated carbocycles. The Labute approximate surface area is 347 Å². The van der Waals surface area contributed by atoms with Crippen LogP contribution in [-0.4, -0.2) is 192 Å². The van der Waals surface area contributed by atoms with Crippen LogP contribution in [0, 0.1) is 28.6 Å². The number of esters is 1. The summed E-state index contributed by atoms with van der Waals surface area (Å²) in [6.45, 7) is 2.52. The first-order valence-corrected chi connectivity index (χ1v) is 21.6. The predicted octanol–water partition coefficient (Wildman–Crippen LogP) is -2.78. The normalized spacial score (nSPS) is 54.4. The molecule has 19 heteroatoms. The van der Waals surface area contributed by atoms with E-state index in [0.29, 0.717) is 44.9 Å². The molecule has 3 saturated heterocycles. The van der Waals surface area contributed by atoms with E-state index in [1.165, 1.54) is 0 Å². The van der Waals surface area contributed by atoms with Crippen LogP contribution in [0.2, 0.25) is 0 Å². The summed E-state index contributed by atoms with van der Waals surface area (Å²) in [5, 5.41) is 120. The molecule has 0 bridgehead atoms. The highest BCUT2D eigenvalue weighted by Crippen LogP contribution is 2.70. The molecule has 4 aliphatic heterocycles. The van der Waals surface area contributed by atoms with Crippen LogP contribution in [0.15, 0.2) is 11.6 Å². The second kappa shape index (κ2) is 16.8. The zero-order valence-electron chi connectivity index (χ0n) is 34.1. The molecule has 60 heavy (non-hydrogen) atoms. The molecule has 0 radical (unpaired) electrons. The Morgan fingerprint density at radius 1 is 0.767 bits per heavy atom. The molecule has 4 heterocycles. The minimum absolute atomic E-state index is 0.0209. The van der Waals surface area contributed by atoms with Gasteiger partial charge in [-0.1, -0.05) is 6.92 Å². The molecular formula is C41H64O19. The SMILES string of the molecule is CC1OC(OC2CCC3(CO)C4CCC5(C)C(C6=CC(=O)OC6)CCC5(O)C4CCC3(O)C2)CC(O)C1OC1OC(COC2OC(CO)C(O)C(O)C2O)C(O)C(O)C1O. The minimum atomic E-state index is -1.79. The highest BCUT2D eigenvalue weighted by molar-refractivity contribution is 5.85. The van der Waals surface area contributed by atoms with Crippen LogP contribution in [0.3, 0.4) is 0 Å². The van der Waals surface area contributed by atoms with Crippen LogP contribution < -0.4 is 0 Å². The largest absolute Gasteiger partial charge is 0.458 e. The predicted molar refractivity (Wildman–Crippen MR) is 200 cm³/mol. The van der Waals surface area contributed by atoms with E-state index in [-0.39, 0.29) is 49.8 Å². The Morgan fingerprint density at radius 2 is 1.45 bits per heavy atom. The summed E-state index contributed by atoms with van der Waals surface area (Å²) in [6.07, 6.45) is -14.2. The maximum Gasteiger partial charge on any atom is 0.331 e. The van der Waals surface area contributed by atoms with E-state index in [0.717, 1.165) is 12.0 Å². The Morgan fingerprint density at radius 3 is 2.12 bits per heavy atom. The second-order valence-corrected chi connectivity index (χ2v) is 19.1. The van der Waals surface area contributed by atoms with Crippen LogP contribution in [-0.2, 0) is 38.0 Å². The Balaban J connectivity index is 0.871. The Kier molecular flexibility index (Phi) is 12.7. The summed E-state index contributed by atoms with van der Waals surface area (Å²) in [6, 6.07) is 0. The number of hydrogen-bond donors (Lipinski definition) is 11. The molecule has 342 valence electrons. The number of hydrogen-bond acceptors (Lipinski definition) is 19. The maximum absolute atomic E-state index is 12.6. The van der Waals surface area contributed by atoms with Crippen molar-refractivity contribution in [3.05, 3.63) is 11.6 Å². The Bertz CT molecular complexity index is 1570. The van der Waals surface area contributed by atoms with Crippen LogP contribution >= 0.6 is 0 Å². The highest BCUT2D eigenvalue weighted by Gasteiger charge is 2.71. The molecule has 8 aliphatic rings. The molecule has 22 atom stereocenters. The van der Waals surface area contributed by atoms with Gasteiger partial charge in [0.1, 0.15) is 61.5 Å². The van der Waals surface area contributed by atoms with Crippen LogP contribution in [0.25, 0.3) is 0 Å². The number of carbonyl (C=O) groups is 1. The first-order chi connectivity index (χ1) is 28.4. The first kappa shape index (κ1) is 45.1. The summed E-state index contributed by atoms with van der Waals surface area (Å²) in [4.78, 5) is 12.0. The fourth-order valence-corrected chi connectivity index (χ4v) is 12.9. The fourth-order valence-electron chi connectivity index (χ4n) is 12.9. The van der Waals surface area contributed by atoms with Gasteiger partial charge in [0.2, 0.25) is 0 Å². The second-order valence-electron chi connectivity index (χ2n) is 19.1. The molecule has 0 spiro atoms. The molecule has 0 amide bonds. The van der Waals surface area contributed by atoms with Gasteiger partial charge in [0, 0.05) is 29.7 Å². The van der Waals surface area contributed by atoms with Crippen molar-refractivity contribution < 1.29 is 94.1 Å². The number of ether oxygens (including phenoxy) is 7.